The summed E-state index contributed by atoms with van der Waals surface area (Å²) in [5.41, 5.74) is 0. The number of benzene rings is 2. The lowest BCUT2D eigenvalue weighted by Crippen LogP contribution is -2.04. The van der Waals surface area contributed by atoms with Crippen molar-refractivity contribution < 1.29 is 14.2 Å². The summed E-state index contributed by atoms with van der Waals surface area (Å²) in [6.07, 6.45) is 0.245. The average Bonchev–Trinajstić information content (AvgIpc) is 3.23. The molecule has 2 aromatic carbocycles. The Balaban J connectivity index is 1.73. The first-order valence-corrected chi connectivity index (χ1v) is 5.98. The highest BCUT2D eigenvalue weighted by Gasteiger charge is 2.23. The van der Waals surface area contributed by atoms with Gasteiger partial charge in [0.05, 0.1) is 6.61 Å². The van der Waals surface area contributed by atoms with Crippen LogP contribution in [0.3, 0.4) is 0 Å². The molecule has 92 valence electrons. The van der Waals surface area contributed by atoms with Crippen LogP contribution in [0.2, 0.25) is 0 Å². The lowest BCUT2D eigenvalue weighted by molar-refractivity contribution is 0.255. The summed E-state index contributed by atoms with van der Waals surface area (Å²) in [6.45, 7) is 1.37. The van der Waals surface area contributed by atoms with Crippen molar-refractivity contribution in [3.8, 4) is 17.2 Å². The molecule has 3 nitrogen and oxygen atoms in total. The molecular formula is C15H14O3. The van der Waals surface area contributed by atoms with Crippen molar-refractivity contribution in [3.63, 3.8) is 0 Å². The number of hydrogen-bond donors (Lipinski definition) is 0. The van der Waals surface area contributed by atoms with Gasteiger partial charge in [0.15, 0.2) is 11.5 Å². The van der Waals surface area contributed by atoms with Crippen molar-refractivity contribution in [2.75, 3.05) is 13.2 Å². The molecule has 1 aliphatic heterocycles. The van der Waals surface area contributed by atoms with E-state index in [4.69, 9.17) is 14.2 Å². The highest BCUT2D eigenvalue weighted by atomic mass is 16.6. The second-order valence-electron chi connectivity index (χ2n) is 4.13. The maximum atomic E-state index is 5.80. The van der Waals surface area contributed by atoms with Gasteiger partial charge in [0, 0.05) is 0 Å². The van der Waals surface area contributed by atoms with Crippen molar-refractivity contribution in [1.82, 2.24) is 0 Å². The molecule has 0 aliphatic carbocycles. The van der Waals surface area contributed by atoms with Gasteiger partial charge in [-0.3, -0.25) is 0 Å². The molecule has 0 radical (unpaired) electrons. The van der Waals surface area contributed by atoms with Crippen molar-refractivity contribution in [1.29, 1.82) is 0 Å². The molecule has 1 fully saturated rings. The summed E-state index contributed by atoms with van der Waals surface area (Å²) < 4.78 is 16.6. The van der Waals surface area contributed by atoms with Crippen LogP contribution in [0, 0.1) is 0 Å². The molecule has 1 heterocycles. The Kier molecular flexibility index (Phi) is 3.15. The quantitative estimate of drug-likeness (QED) is 0.754. The van der Waals surface area contributed by atoms with Crippen LogP contribution in [0.25, 0.3) is 0 Å². The Morgan fingerprint density at radius 2 is 1.61 bits per heavy atom. The Morgan fingerprint density at radius 3 is 2.33 bits per heavy atom. The largest absolute Gasteiger partial charge is 0.487 e. The van der Waals surface area contributed by atoms with E-state index in [0.29, 0.717) is 6.61 Å². The van der Waals surface area contributed by atoms with Crippen LogP contribution in [0.15, 0.2) is 54.6 Å². The third kappa shape index (κ3) is 2.81. The van der Waals surface area contributed by atoms with Crippen LogP contribution in [-0.2, 0) is 4.74 Å². The minimum atomic E-state index is 0.245. The fourth-order valence-corrected chi connectivity index (χ4v) is 1.62. The molecule has 3 heteroatoms. The normalized spacial score (nSPS) is 17.2. The molecule has 0 aromatic heterocycles. The molecule has 0 amide bonds. The van der Waals surface area contributed by atoms with Crippen molar-refractivity contribution in [2.45, 2.75) is 6.10 Å². The van der Waals surface area contributed by atoms with Crippen LogP contribution in [0.5, 0.6) is 17.2 Å². The number of rotatable bonds is 5. The zero-order valence-corrected chi connectivity index (χ0v) is 9.91. The van der Waals surface area contributed by atoms with Gasteiger partial charge in [0.25, 0.3) is 0 Å². The Morgan fingerprint density at radius 1 is 0.944 bits per heavy atom. The van der Waals surface area contributed by atoms with Crippen molar-refractivity contribution >= 4 is 0 Å². The standard InChI is InChI=1S/C15H14O3/c1-2-6-12(7-3-1)18-15-9-5-4-8-14(15)17-11-13-10-16-13/h1-9,13H,10-11H2/t13-/m0/s1. The highest BCUT2D eigenvalue weighted by molar-refractivity contribution is 5.42. The second kappa shape index (κ2) is 5.10. The first kappa shape index (κ1) is 11.1. The summed E-state index contributed by atoms with van der Waals surface area (Å²) in [7, 11) is 0. The summed E-state index contributed by atoms with van der Waals surface area (Å²) in [4.78, 5) is 0. The van der Waals surface area contributed by atoms with E-state index >= 15 is 0 Å². The average molecular weight is 242 g/mol. The zero-order valence-electron chi connectivity index (χ0n) is 9.91. The zero-order chi connectivity index (χ0) is 12.2. The number of para-hydroxylation sites is 3. The molecule has 0 N–H and O–H groups in total. The minimum absolute atomic E-state index is 0.245. The van der Waals surface area contributed by atoms with Crippen molar-refractivity contribution in [3.05, 3.63) is 54.6 Å². The fraction of sp³-hybridized carbons (Fsp3) is 0.200. The third-order valence-corrected chi connectivity index (χ3v) is 2.65. The summed E-state index contributed by atoms with van der Waals surface area (Å²) in [5, 5.41) is 0. The molecule has 0 saturated carbocycles. The van der Waals surface area contributed by atoms with Crippen LogP contribution in [0.1, 0.15) is 0 Å². The second-order valence-corrected chi connectivity index (χ2v) is 4.13. The van der Waals surface area contributed by atoms with Gasteiger partial charge in [0.1, 0.15) is 18.5 Å². The Hall–Kier alpha value is -2.00. The topological polar surface area (TPSA) is 31.0 Å². The maximum absolute atomic E-state index is 5.80. The molecule has 1 aliphatic rings. The smallest absolute Gasteiger partial charge is 0.169 e. The molecular weight excluding hydrogens is 228 g/mol. The monoisotopic (exact) mass is 242 g/mol. The lowest BCUT2D eigenvalue weighted by atomic mass is 10.3. The Bertz CT molecular complexity index is 506. The first-order valence-electron chi connectivity index (χ1n) is 5.98. The molecule has 2 aromatic rings. The van der Waals surface area contributed by atoms with E-state index in [-0.39, 0.29) is 6.10 Å². The molecule has 1 atom stereocenters. The number of epoxide rings is 1. The van der Waals surface area contributed by atoms with E-state index in [9.17, 15) is 0 Å². The van der Waals surface area contributed by atoms with Crippen LogP contribution in [-0.4, -0.2) is 19.3 Å². The van der Waals surface area contributed by atoms with Crippen LogP contribution in [0.4, 0.5) is 0 Å². The van der Waals surface area contributed by atoms with Gasteiger partial charge < -0.3 is 14.2 Å². The van der Waals surface area contributed by atoms with E-state index in [1.54, 1.807) is 0 Å². The molecule has 1 saturated heterocycles. The molecule has 0 bridgehead atoms. The highest BCUT2D eigenvalue weighted by Crippen LogP contribution is 2.31. The Labute approximate surface area is 106 Å². The van der Waals surface area contributed by atoms with Crippen LogP contribution < -0.4 is 9.47 Å². The molecule has 18 heavy (non-hydrogen) atoms. The van der Waals surface area contributed by atoms with E-state index < -0.39 is 0 Å². The predicted molar refractivity (Wildman–Crippen MR) is 68.2 cm³/mol. The molecule has 3 rings (SSSR count). The maximum Gasteiger partial charge on any atom is 0.169 e. The number of hydrogen-bond acceptors (Lipinski definition) is 3. The van der Waals surface area contributed by atoms with Gasteiger partial charge >= 0.3 is 0 Å². The number of ether oxygens (including phenoxy) is 3. The van der Waals surface area contributed by atoms with Gasteiger partial charge in [-0.05, 0) is 24.3 Å². The van der Waals surface area contributed by atoms with Gasteiger partial charge in [0.2, 0.25) is 0 Å². The van der Waals surface area contributed by atoms with Gasteiger partial charge in [-0.15, -0.1) is 0 Å². The molecule has 0 spiro atoms. The van der Waals surface area contributed by atoms with Crippen LogP contribution >= 0.6 is 0 Å². The minimum Gasteiger partial charge on any atom is -0.487 e. The fourth-order valence-electron chi connectivity index (χ4n) is 1.62. The third-order valence-electron chi connectivity index (χ3n) is 2.65. The summed E-state index contributed by atoms with van der Waals surface area (Å²) in [6, 6.07) is 17.3. The summed E-state index contributed by atoms with van der Waals surface area (Å²) in [5.74, 6) is 2.28. The van der Waals surface area contributed by atoms with Gasteiger partial charge in [-0.2, -0.15) is 0 Å². The lowest BCUT2D eigenvalue weighted by Gasteiger charge is -2.11. The SMILES string of the molecule is c1ccc(Oc2ccccc2OC[C@@H]2CO2)cc1. The van der Waals surface area contributed by atoms with E-state index in [1.807, 2.05) is 54.6 Å². The summed E-state index contributed by atoms with van der Waals surface area (Å²) >= 11 is 0. The van der Waals surface area contributed by atoms with Gasteiger partial charge in [-0.1, -0.05) is 30.3 Å². The van der Waals surface area contributed by atoms with E-state index in [2.05, 4.69) is 0 Å². The molecule has 0 unspecified atom stereocenters. The van der Waals surface area contributed by atoms with Crippen molar-refractivity contribution in [2.24, 2.45) is 0 Å². The van der Waals surface area contributed by atoms with E-state index in [1.165, 1.54) is 0 Å². The predicted octanol–water partition coefficient (Wildman–Crippen LogP) is 3.26. The van der Waals surface area contributed by atoms with Gasteiger partial charge in [-0.25, -0.2) is 0 Å². The first-order chi connectivity index (χ1) is 8.92. The van der Waals surface area contributed by atoms with E-state index in [0.717, 1.165) is 23.9 Å².